The van der Waals surface area contributed by atoms with Gasteiger partial charge in [0.1, 0.15) is 15.5 Å². The van der Waals surface area contributed by atoms with Gasteiger partial charge < -0.3 is 20.3 Å². The number of likely N-dealkylation sites (tertiary alicyclic amines) is 1. The van der Waals surface area contributed by atoms with E-state index in [4.69, 9.17) is 4.74 Å². The van der Waals surface area contributed by atoms with Gasteiger partial charge in [0.05, 0.1) is 22.4 Å². The highest BCUT2D eigenvalue weighted by atomic mass is 32.1. The van der Waals surface area contributed by atoms with Crippen molar-refractivity contribution < 1.29 is 19.1 Å². The van der Waals surface area contributed by atoms with E-state index in [1.807, 2.05) is 26.0 Å². The van der Waals surface area contributed by atoms with Gasteiger partial charge in [-0.1, -0.05) is 6.92 Å². The molecule has 1 atom stereocenters. The van der Waals surface area contributed by atoms with Gasteiger partial charge in [0, 0.05) is 44.0 Å². The lowest BCUT2D eigenvalue weighted by Gasteiger charge is -2.33. The van der Waals surface area contributed by atoms with Gasteiger partial charge in [0.25, 0.3) is 5.91 Å². The van der Waals surface area contributed by atoms with Crippen molar-refractivity contribution in [3.63, 3.8) is 0 Å². The van der Waals surface area contributed by atoms with E-state index in [0.29, 0.717) is 63.3 Å². The van der Waals surface area contributed by atoms with E-state index in [1.165, 1.54) is 11.3 Å². The normalized spacial score (nSPS) is 16.6. The quantitative estimate of drug-likeness (QED) is 0.341. The van der Waals surface area contributed by atoms with Crippen LogP contribution >= 0.6 is 11.3 Å². The van der Waals surface area contributed by atoms with Crippen molar-refractivity contribution in [3.8, 4) is 11.6 Å². The van der Waals surface area contributed by atoms with Crippen LogP contribution in [0, 0.1) is 6.92 Å². The van der Waals surface area contributed by atoms with Crippen molar-refractivity contribution in [3.05, 3.63) is 59.2 Å². The first-order valence-corrected chi connectivity index (χ1v) is 13.9. The lowest BCUT2D eigenvalue weighted by molar-refractivity contribution is -0.132. The number of thiophene rings is 1. The number of anilines is 3. The lowest BCUT2D eigenvalue weighted by atomic mass is 10.0. The molecule has 2 aliphatic rings. The fourth-order valence-corrected chi connectivity index (χ4v) is 6.21. The van der Waals surface area contributed by atoms with E-state index < -0.39 is 0 Å². The summed E-state index contributed by atoms with van der Waals surface area (Å²) in [7, 11) is 0. The molecule has 0 aliphatic carbocycles. The molecule has 2 aliphatic heterocycles. The molecule has 2 N–H and O–H groups in total. The molecule has 12 heteroatoms. The lowest BCUT2D eigenvalue weighted by Crippen LogP contribution is -2.49. The van der Waals surface area contributed by atoms with Crippen molar-refractivity contribution in [1.29, 1.82) is 0 Å². The minimum absolute atomic E-state index is 0.0840. The van der Waals surface area contributed by atoms with Crippen molar-refractivity contribution in [2.24, 2.45) is 0 Å². The summed E-state index contributed by atoms with van der Waals surface area (Å²) in [4.78, 5) is 48.0. The first-order chi connectivity index (χ1) is 19.4. The SMILES string of the molecule is CCC(=O)N1CCC[C@@H](NC(=O)c2sc3nccc4c3c2NC(=O)N4c2ccc(Oc3cccnn3)cc2C)C1. The Morgan fingerprint density at radius 1 is 1.20 bits per heavy atom. The van der Waals surface area contributed by atoms with Gasteiger partial charge in [-0.05, 0) is 55.7 Å². The minimum Gasteiger partial charge on any atom is -0.438 e. The number of piperidine rings is 1. The Kier molecular flexibility index (Phi) is 6.76. The molecule has 40 heavy (non-hydrogen) atoms. The zero-order valence-electron chi connectivity index (χ0n) is 22.0. The predicted molar refractivity (Wildman–Crippen MR) is 151 cm³/mol. The first kappa shape index (κ1) is 25.7. The molecule has 1 saturated heterocycles. The number of aromatic nitrogens is 3. The Hall–Kier alpha value is -4.58. The van der Waals surface area contributed by atoms with Crippen molar-refractivity contribution in [2.75, 3.05) is 23.3 Å². The number of aryl methyl sites for hydroxylation is 1. The van der Waals surface area contributed by atoms with E-state index >= 15 is 0 Å². The van der Waals surface area contributed by atoms with Crippen LogP contribution in [0.3, 0.4) is 0 Å². The van der Waals surface area contributed by atoms with Crippen LogP contribution in [-0.2, 0) is 4.79 Å². The molecule has 1 aromatic carbocycles. The van der Waals surface area contributed by atoms with Crippen LogP contribution in [0.4, 0.5) is 21.9 Å². The Balaban J connectivity index is 1.29. The van der Waals surface area contributed by atoms with E-state index in [1.54, 1.807) is 46.5 Å². The highest BCUT2D eigenvalue weighted by molar-refractivity contribution is 7.21. The number of nitrogens with zero attached hydrogens (tertiary/aromatic N) is 5. The molecule has 4 aromatic rings. The third-order valence-electron chi connectivity index (χ3n) is 7.04. The fourth-order valence-electron chi connectivity index (χ4n) is 5.18. The number of benzene rings is 1. The van der Waals surface area contributed by atoms with Crippen LogP contribution in [0.25, 0.3) is 10.2 Å². The molecule has 6 rings (SSSR count). The van der Waals surface area contributed by atoms with Crippen molar-refractivity contribution in [2.45, 2.75) is 39.2 Å². The standard InChI is InChI=1S/C28H27N7O4S/c1-3-22(36)34-13-5-6-17(15-34)31-26(37)25-24-23-20(10-12-29-27(23)40-25)35(28(38)32-24)19-9-8-18(14-16(19)2)39-21-7-4-11-30-33-21/h4,7-12,14,17H,3,5-6,13,15H2,1-2H3,(H,31,37)(H,32,38)/t17-/m1/s1. The molecule has 0 radical (unpaired) electrons. The highest BCUT2D eigenvalue weighted by Gasteiger charge is 2.34. The van der Waals surface area contributed by atoms with Gasteiger partial charge in [-0.2, -0.15) is 5.10 Å². The molecular formula is C28H27N7O4S. The average molecular weight is 558 g/mol. The molecule has 0 saturated carbocycles. The second-order valence-corrected chi connectivity index (χ2v) is 10.7. The zero-order chi connectivity index (χ0) is 27.8. The van der Waals surface area contributed by atoms with E-state index in [-0.39, 0.29) is 23.9 Å². The van der Waals surface area contributed by atoms with E-state index in [0.717, 1.165) is 18.4 Å². The molecule has 1 fully saturated rings. The third kappa shape index (κ3) is 4.70. The molecule has 11 nitrogen and oxygen atoms in total. The van der Waals surface area contributed by atoms with Gasteiger partial charge in [-0.15, -0.1) is 16.4 Å². The fraction of sp³-hybridized carbons (Fsp3) is 0.286. The Morgan fingerprint density at radius 3 is 2.85 bits per heavy atom. The monoisotopic (exact) mass is 557 g/mol. The molecule has 5 heterocycles. The first-order valence-electron chi connectivity index (χ1n) is 13.1. The summed E-state index contributed by atoms with van der Waals surface area (Å²) < 4.78 is 5.79. The summed E-state index contributed by atoms with van der Waals surface area (Å²) >= 11 is 1.24. The number of urea groups is 1. The maximum absolute atomic E-state index is 13.5. The summed E-state index contributed by atoms with van der Waals surface area (Å²) in [5, 5.41) is 14.5. The number of hydrogen-bond acceptors (Lipinski definition) is 8. The minimum atomic E-state index is -0.379. The van der Waals surface area contributed by atoms with E-state index in [9.17, 15) is 14.4 Å². The molecular weight excluding hydrogens is 530 g/mol. The second kappa shape index (κ2) is 10.5. The Morgan fingerprint density at radius 2 is 2.08 bits per heavy atom. The van der Waals surface area contributed by atoms with Gasteiger partial charge in [-0.25, -0.2) is 9.78 Å². The molecule has 204 valence electrons. The molecule has 0 spiro atoms. The molecule has 0 unspecified atom stereocenters. The van der Waals surface area contributed by atoms with Gasteiger partial charge in [0.2, 0.25) is 11.8 Å². The molecule has 4 amide bonds. The van der Waals surface area contributed by atoms with Crippen molar-refractivity contribution >= 4 is 56.5 Å². The zero-order valence-corrected chi connectivity index (χ0v) is 22.8. The van der Waals surface area contributed by atoms with Crippen LogP contribution in [0.5, 0.6) is 11.6 Å². The largest absolute Gasteiger partial charge is 0.438 e. The summed E-state index contributed by atoms with van der Waals surface area (Å²) in [5.74, 6) is 0.736. The molecule has 3 aromatic heterocycles. The Labute approximate surface area is 234 Å². The summed E-state index contributed by atoms with van der Waals surface area (Å²) in [6.45, 7) is 4.92. The summed E-state index contributed by atoms with van der Waals surface area (Å²) in [6, 6.07) is 10.1. The van der Waals surface area contributed by atoms with Crippen LogP contribution in [-0.4, -0.2) is 57.1 Å². The number of rotatable bonds is 6. The number of pyridine rings is 1. The summed E-state index contributed by atoms with van der Waals surface area (Å²) in [6.07, 6.45) is 5.27. The topological polar surface area (TPSA) is 130 Å². The highest BCUT2D eigenvalue weighted by Crippen LogP contribution is 2.46. The van der Waals surface area contributed by atoms with Gasteiger partial charge in [0.15, 0.2) is 0 Å². The smallest absolute Gasteiger partial charge is 0.331 e. The van der Waals surface area contributed by atoms with E-state index in [2.05, 4.69) is 25.8 Å². The van der Waals surface area contributed by atoms with Crippen LogP contribution in [0.1, 0.15) is 41.4 Å². The molecule has 0 bridgehead atoms. The summed E-state index contributed by atoms with van der Waals surface area (Å²) in [5.41, 5.74) is 2.57. The number of carbonyl (C=O) groups excluding carboxylic acids is 3. The number of nitrogens with one attached hydrogen (secondary N) is 2. The number of amides is 4. The van der Waals surface area contributed by atoms with Crippen LogP contribution < -0.4 is 20.3 Å². The maximum atomic E-state index is 13.5. The van der Waals surface area contributed by atoms with Crippen LogP contribution in [0.2, 0.25) is 0 Å². The number of carbonyl (C=O) groups is 3. The van der Waals surface area contributed by atoms with Gasteiger partial charge in [-0.3, -0.25) is 14.5 Å². The number of hydrogen-bond donors (Lipinski definition) is 2. The Bertz CT molecular complexity index is 1620. The maximum Gasteiger partial charge on any atom is 0.331 e. The second-order valence-electron chi connectivity index (χ2n) is 9.70. The van der Waals surface area contributed by atoms with Crippen molar-refractivity contribution in [1.82, 2.24) is 25.4 Å². The average Bonchev–Trinajstić information content (AvgIpc) is 3.33. The van der Waals surface area contributed by atoms with Gasteiger partial charge >= 0.3 is 6.03 Å². The predicted octanol–water partition coefficient (Wildman–Crippen LogP) is 5.00. The number of ether oxygens (including phenoxy) is 1. The van der Waals surface area contributed by atoms with Crippen LogP contribution in [0.15, 0.2) is 48.8 Å². The third-order valence-corrected chi connectivity index (χ3v) is 8.14.